The first-order valence-electron chi connectivity index (χ1n) is 6.87. The Morgan fingerprint density at radius 2 is 1.95 bits per heavy atom. The van der Waals surface area contributed by atoms with Gasteiger partial charge in [-0.05, 0) is 24.3 Å². The molecule has 1 unspecified atom stereocenters. The Morgan fingerprint density at radius 1 is 1.30 bits per heavy atom. The van der Waals surface area contributed by atoms with Crippen LogP contribution >= 0.6 is 0 Å². The fourth-order valence-electron chi connectivity index (χ4n) is 2.29. The molecule has 5 nitrogen and oxygen atoms in total. The number of carboxylic acids is 1. The quantitative estimate of drug-likeness (QED) is 0.779. The van der Waals surface area contributed by atoms with Gasteiger partial charge < -0.3 is 15.7 Å². The Morgan fingerprint density at radius 3 is 2.45 bits per heavy atom. The van der Waals surface area contributed by atoms with Gasteiger partial charge >= 0.3 is 5.97 Å². The molecule has 0 saturated heterocycles. The number of carboxylic acid groups (broad SMARTS) is 1. The topological polar surface area (TPSA) is 83.6 Å². The molecule has 0 aliphatic heterocycles. The molecular weight excluding hydrogens is 256 g/mol. The van der Waals surface area contributed by atoms with Crippen LogP contribution < -0.4 is 5.73 Å². The molecule has 1 aliphatic rings. The summed E-state index contributed by atoms with van der Waals surface area (Å²) in [6, 6.07) is 9.29. The van der Waals surface area contributed by atoms with E-state index in [1.807, 2.05) is 30.3 Å². The van der Waals surface area contributed by atoms with Crippen molar-refractivity contribution in [3.63, 3.8) is 0 Å². The van der Waals surface area contributed by atoms with Crippen molar-refractivity contribution in [2.45, 2.75) is 18.8 Å². The van der Waals surface area contributed by atoms with Gasteiger partial charge in [-0.3, -0.25) is 9.59 Å². The second-order valence-corrected chi connectivity index (χ2v) is 5.25. The van der Waals surface area contributed by atoms with Crippen molar-refractivity contribution in [3.8, 4) is 0 Å². The van der Waals surface area contributed by atoms with Gasteiger partial charge in [-0.15, -0.1) is 0 Å². The van der Waals surface area contributed by atoms with Gasteiger partial charge in [0.25, 0.3) is 0 Å². The lowest BCUT2D eigenvalue weighted by molar-refractivity contribution is -0.145. The highest BCUT2D eigenvalue weighted by molar-refractivity contribution is 5.87. The van der Waals surface area contributed by atoms with E-state index >= 15 is 0 Å². The predicted octanol–water partition coefficient (Wildman–Crippen LogP) is 1.05. The third-order valence-corrected chi connectivity index (χ3v) is 3.55. The summed E-state index contributed by atoms with van der Waals surface area (Å²) < 4.78 is 0. The molecule has 1 aliphatic carbocycles. The van der Waals surface area contributed by atoms with Gasteiger partial charge in [0.1, 0.15) is 6.54 Å². The van der Waals surface area contributed by atoms with Crippen molar-refractivity contribution in [3.05, 3.63) is 35.9 Å². The SMILES string of the molecule is NCC(C(=O)N(CC(=O)O)CC1CC1)c1ccccc1. The lowest BCUT2D eigenvalue weighted by Crippen LogP contribution is -2.42. The molecule has 1 amide bonds. The molecule has 1 saturated carbocycles. The molecular formula is C15H20N2O3. The largest absolute Gasteiger partial charge is 0.480 e. The van der Waals surface area contributed by atoms with Crippen LogP contribution in [-0.2, 0) is 9.59 Å². The lowest BCUT2D eigenvalue weighted by atomic mass is 9.97. The van der Waals surface area contributed by atoms with E-state index in [1.54, 1.807) is 0 Å². The molecule has 20 heavy (non-hydrogen) atoms. The number of benzene rings is 1. The Bertz CT molecular complexity index is 471. The Balaban J connectivity index is 2.12. The number of amides is 1. The van der Waals surface area contributed by atoms with Crippen molar-refractivity contribution in [1.82, 2.24) is 4.90 Å². The average Bonchev–Trinajstić information content (AvgIpc) is 3.23. The zero-order valence-corrected chi connectivity index (χ0v) is 11.4. The third kappa shape index (κ3) is 3.81. The summed E-state index contributed by atoms with van der Waals surface area (Å²) in [6.07, 6.45) is 2.14. The number of rotatable bonds is 7. The van der Waals surface area contributed by atoms with Gasteiger partial charge in [-0.1, -0.05) is 30.3 Å². The highest BCUT2D eigenvalue weighted by Gasteiger charge is 2.31. The molecule has 1 fully saturated rings. The molecule has 1 aromatic carbocycles. The van der Waals surface area contributed by atoms with Crippen LogP contribution in [0.5, 0.6) is 0 Å². The van der Waals surface area contributed by atoms with Crippen LogP contribution in [0.1, 0.15) is 24.3 Å². The summed E-state index contributed by atoms with van der Waals surface area (Å²) in [5.74, 6) is -1.18. The van der Waals surface area contributed by atoms with Crippen LogP contribution in [0.15, 0.2) is 30.3 Å². The summed E-state index contributed by atoms with van der Waals surface area (Å²) >= 11 is 0. The zero-order valence-electron chi connectivity index (χ0n) is 11.4. The highest BCUT2D eigenvalue weighted by Crippen LogP contribution is 2.30. The average molecular weight is 276 g/mol. The van der Waals surface area contributed by atoms with E-state index in [9.17, 15) is 9.59 Å². The first-order chi connectivity index (χ1) is 9.61. The Kier molecular flexibility index (Phi) is 4.74. The van der Waals surface area contributed by atoms with E-state index in [-0.39, 0.29) is 19.0 Å². The minimum atomic E-state index is -0.983. The van der Waals surface area contributed by atoms with Crippen molar-refractivity contribution in [2.24, 2.45) is 11.7 Å². The third-order valence-electron chi connectivity index (χ3n) is 3.55. The first kappa shape index (κ1) is 14.5. The van der Waals surface area contributed by atoms with Crippen molar-refractivity contribution >= 4 is 11.9 Å². The summed E-state index contributed by atoms with van der Waals surface area (Å²) in [7, 11) is 0. The van der Waals surface area contributed by atoms with E-state index < -0.39 is 11.9 Å². The van der Waals surface area contributed by atoms with Gasteiger partial charge in [0.2, 0.25) is 5.91 Å². The number of carbonyl (C=O) groups excluding carboxylic acids is 1. The van der Waals surface area contributed by atoms with Crippen molar-refractivity contribution in [1.29, 1.82) is 0 Å². The fourth-order valence-corrected chi connectivity index (χ4v) is 2.29. The fraction of sp³-hybridized carbons (Fsp3) is 0.467. The maximum atomic E-state index is 12.6. The van der Waals surface area contributed by atoms with E-state index in [0.29, 0.717) is 12.5 Å². The molecule has 0 heterocycles. The molecule has 108 valence electrons. The van der Waals surface area contributed by atoms with Crippen LogP contribution in [0.4, 0.5) is 0 Å². The van der Waals surface area contributed by atoms with Crippen LogP contribution in [0.3, 0.4) is 0 Å². The van der Waals surface area contributed by atoms with Crippen LogP contribution in [-0.4, -0.2) is 41.5 Å². The standard InChI is InChI=1S/C15H20N2O3/c16-8-13(12-4-2-1-3-5-12)15(20)17(10-14(18)19)9-11-6-7-11/h1-5,11,13H,6-10,16H2,(H,18,19). The van der Waals surface area contributed by atoms with Gasteiger partial charge in [0.15, 0.2) is 0 Å². The zero-order chi connectivity index (χ0) is 14.5. The second-order valence-electron chi connectivity index (χ2n) is 5.25. The molecule has 1 aromatic rings. The maximum Gasteiger partial charge on any atom is 0.323 e. The maximum absolute atomic E-state index is 12.6. The molecule has 3 N–H and O–H groups in total. The molecule has 1 atom stereocenters. The number of aliphatic carboxylic acids is 1. The molecule has 0 bridgehead atoms. The van der Waals surface area contributed by atoms with E-state index in [0.717, 1.165) is 18.4 Å². The summed E-state index contributed by atoms with van der Waals surface area (Å²) in [6.45, 7) is 0.455. The number of nitrogens with two attached hydrogens (primary N) is 1. The molecule has 5 heteroatoms. The number of hydrogen-bond donors (Lipinski definition) is 2. The predicted molar refractivity (Wildman–Crippen MR) is 75.2 cm³/mol. The lowest BCUT2D eigenvalue weighted by Gasteiger charge is -2.25. The van der Waals surface area contributed by atoms with Crippen LogP contribution in [0.25, 0.3) is 0 Å². The van der Waals surface area contributed by atoms with Crippen LogP contribution in [0.2, 0.25) is 0 Å². The monoisotopic (exact) mass is 276 g/mol. The molecule has 2 rings (SSSR count). The number of nitrogens with zero attached hydrogens (tertiary/aromatic N) is 1. The smallest absolute Gasteiger partial charge is 0.323 e. The van der Waals surface area contributed by atoms with Crippen molar-refractivity contribution in [2.75, 3.05) is 19.6 Å². The molecule has 0 radical (unpaired) electrons. The summed E-state index contributed by atoms with van der Waals surface area (Å²) in [4.78, 5) is 24.9. The molecule has 0 spiro atoms. The normalized spacial score (nSPS) is 15.7. The summed E-state index contributed by atoms with van der Waals surface area (Å²) in [5.41, 5.74) is 6.56. The van der Waals surface area contributed by atoms with Gasteiger partial charge in [0.05, 0.1) is 5.92 Å². The van der Waals surface area contributed by atoms with Gasteiger partial charge in [-0.2, -0.15) is 0 Å². The van der Waals surface area contributed by atoms with E-state index in [2.05, 4.69) is 0 Å². The first-order valence-corrected chi connectivity index (χ1v) is 6.87. The van der Waals surface area contributed by atoms with Crippen molar-refractivity contribution < 1.29 is 14.7 Å². The van der Waals surface area contributed by atoms with E-state index in [4.69, 9.17) is 10.8 Å². The summed E-state index contributed by atoms with van der Waals surface area (Å²) in [5, 5.41) is 8.97. The highest BCUT2D eigenvalue weighted by atomic mass is 16.4. The van der Waals surface area contributed by atoms with Crippen LogP contribution in [0, 0.1) is 5.92 Å². The molecule has 0 aromatic heterocycles. The Labute approximate surface area is 118 Å². The van der Waals surface area contributed by atoms with Gasteiger partial charge in [0, 0.05) is 13.1 Å². The van der Waals surface area contributed by atoms with E-state index in [1.165, 1.54) is 4.90 Å². The minimum absolute atomic E-state index is 0.184. The second kappa shape index (κ2) is 6.52. The Hall–Kier alpha value is -1.88. The van der Waals surface area contributed by atoms with Gasteiger partial charge in [-0.25, -0.2) is 0 Å². The number of carbonyl (C=O) groups is 2. The number of hydrogen-bond acceptors (Lipinski definition) is 3. The minimum Gasteiger partial charge on any atom is -0.480 e.